The number of fused-ring (bicyclic) bond motifs is 1. The van der Waals surface area contributed by atoms with E-state index in [-0.39, 0.29) is 5.92 Å². The van der Waals surface area contributed by atoms with Crippen LogP contribution in [0.25, 0.3) is 22.4 Å². The van der Waals surface area contributed by atoms with Gasteiger partial charge in [-0.2, -0.15) is 0 Å². The lowest BCUT2D eigenvalue weighted by Crippen LogP contribution is -2.03. The van der Waals surface area contributed by atoms with Crippen LogP contribution in [0.1, 0.15) is 25.3 Å². The van der Waals surface area contributed by atoms with Crippen molar-refractivity contribution in [2.75, 3.05) is 5.73 Å². The number of halogens is 1. The Morgan fingerprint density at radius 3 is 2.75 bits per heavy atom. The molecule has 4 nitrogen and oxygen atoms in total. The van der Waals surface area contributed by atoms with Gasteiger partial charge in [0.05, 0.1) is 0 Å². The Balaban J connectivity index is 2.23. The van der Waals surface area contributed by atoms with E-state index in [2.05, 4.69) is 23.8 Å². The molecule has 0 aliphatic carbocycles. The Morgan fingerprint density at radius 1 is 1.20 bits per heavy atom. The fourth-order valence-electron chi connectivity index (χ4n) is 2.31. The van der Waals surface area contributed by atoms with E-state index in [4.69, 9.17) is 21.8 Å². The maximum Gasteiger partial charge on any atom is 0.154 e. The second kappa shape index (κ2) is 4.80. The van der Waals surface area contributed by atoms with Crippen LogP contribution in [0, 0.1) is 0 Å². The van der Waals surface area contributed by atoms with Gasteiger partial charge in [-0.1, -0.05) is 25.4 Å². The van der Waals surface area contributed by atoms with Crippen LogP contribution in [-0.2, 0) is 0 Å². The van der Waals surface area contributed by atoms with Crippen molar-refractivity contribution in [2.24, 2.45) is 0 Å². The third-order valence-corrected chi connectivity index (χ3v) is 3.44. The highest BCUT2D eigenvalue weighted by atomic mass is 35.5. The first kappa shape index (κ1) is 12.9. The number of nitrogens with two attached hydrogens (primary N) is 1. The first-order valence-electron chi connectivity index (χ1n) is 6.36. The fraction of sp³-hybridized carbons (Fsp3) is 0.200. The van der Waals surface area contributed by atoms with Gasteiger partial charge in [-0.25, -0.2) is 9.97 Å². The molecule has 20 heavy (non-hydrogen) atoms. The summed E-state index contributed by atoms with van der Waals surface area (Å²) in [6, 6.07) is 7.44. The van der Waals surface area contributed by atoms with E-state index in [1.807, 2.05) is 18.2 Å². The molecule has 0 spiro atoms. The quantitative estimate of drug-likeness (QED) is 0.765. The van der Waals surface area contributed by atoms with E-state index in [1.54, 1.807) is 6.07 Å². The molecular weight excluding hydrogens is 274 g/mol. The molecule has 102 valence electrons. The first-order chi connectivity index (χ1) is 9.56. The van der Waals surface area contributed by atoms with Crippen LogP contribution < -0.4 is 5.73 Å². The molecule has 0 fully saturated rings. The zero-order valence-electron chi connectivity index (χ0n) is 11.2. The lowest BCUT2D eigenvalue weighted by molar-refractivity contribution is 0.626. The maximum atomic E-state index is 5.99. The second-order valence-electron chi connectivity index (χ2n) is 4.97. The molecule has 0 atom stereocenters. The predicted molar refractivity (Wildman–Crippen MR) is 80.8 cm³/mol. The zero-order chi connectivity index (χ0) is 14.3. The fourth-order valence-corrected chi connectivity index (χ4v) is 2.49. The number of rotatable bonds is 2. The summed E-state index contributed by atoms with van der Waals surface area (Å²) in [7, 11) is 0. The van der Waals surface area contributed by atoms with Gasteiger partial charge in [0.25, 0.3) is 0 Å². The van der Waals surface area contributed by atoms with Crippen LogP contribution in [0.4, 0.5) is 5.82 Å². The van der Waals surface area contributed by atoms with Crippen LogP contribution in [0.2, 0.25) is 5.02 Å². The molecule has 0 aliphatic heterocycles. The van der Waals surface area contributed by atoms with Crippen molar-refractivity contribution in [2.45, 2.75) is 19.8 Å². The molecule has 2 heterocycles. The van der Waals surface area contributed by atoms with E-state index in [0.29, 0.717) is 16.6 Å². The van der Waals surface area contributed by atoms with Crippen molar-refractivity contribution in [3.05, 3.63) is 41.2 Å². The van der Waals surface area contributed by atoms with E-state index in [0.717, 1.165) is 22.2 Å². The molecule has 1 aromatic carbocycles. The monoisotopic (exact) mass is 287 g/mol. The summed E-state index contributed by atoms with van der Waals surface area (Å²) in [6.07, 6.45) is 1.46. The van der Waals surface area contributed by atoms with Crippen molar-refractivity contribution in [3.63, 3.8) is 0 Å². The van der Waals surface area contributed by atoms with E-state index >= 15 is 0 Å². The molecule has 0 aliphatic rings. The van der Waals surface area contributed by atoms with Gasteiger partial charge in [0, 0.05) is 16.0 Å². The number of nitrogen functional groups attached to an aromatic ring is 1. The van der Waals surface area contributed by atoms with Crippen molar-refractivity contribution < 1.29 is 4.42 Å². The third kappa shape index (κ3) is 2.12. The van der Waals surface area contributed by atoms with Crippen LogP contribution in [-0.4, -0.2) is 9.97 Å². The van der Waals surface area contributed by atoms with Crippen LogP contribution >= 0.6 is 11.6 Å². The topological polar surface area (TPSA) is 64.9 Å². The minimum absolute atomic E-state index is 0.211. The smallest absolute Gasteiger partial charge is 0.154 e. The van der Waals surface area contributed by atoms with Gasteiger partial charge in [0.1, 0.15) is 23.4 Å². The van der Waals surface area contributed by atoms with Gasteiger partial charge in [-0.15, -0.1) is 0 Å². The summed E-state index contributed by atoms with van der Waals surface area (Å²) in [6.45, 7) is 4.11. The average molecular weight is 288 g/mol. The molecule has 0 saturated heterocycles. The van der Waals surface area contributed by atoms with Crippen molar-refractivity contribution >= 4 is 28.4 Å². The van der Waals surface area contributed by atoms with Gasteiger partial charge in [0.2, 0.25) is 0 Å². The average Bonchev–Trinajstić information content (AvgIpc) is 2.80. The lowest BCUT2D eigenvalue weighted by atomic mass is 10.0. The van der Waals surface area contributed by atoms with Crippen molar-refractivity contribution in [1.29, 1.82) is 0 Å². The SMILES string of the molecule is CC(C)c1c(N)ncnc1-c1cc2cc(Cl)ccc2o1. The number of anilines is 1. The molecule has 0 radical (unpaired) electrons. The highest BCUT2D eigenvalue weighted by Crippen LogP contribution is 2.34. The zero-order valence-corrected chi connectivity index (χ0v) is 12.0. The molecule has 2 aromatic heterocycles. The molecule has 2 N–H and O–H groups in total. The second-order valence-corrected chi connectivity index (χ2v) is 5.41. The summed E-state index contributed by atoms with van der Waals surface area (Å²) in [5.74, 6) is 1.38. The van der Waals surface area contributed by atoms with Gasteiger partial charge in [-0.3, -0.25) is 0 Å². The normalized spacial score (nSPS) is 11.4. The summed E-state index contributed by atoms with van der Waals surface area (Å²) in [5, 5.41) is 1.62. The van der Waals surface area contributed by atoms with Crippen LogP contribution in [0.15, 0.2) is 35.0 Å². The molecule has 3 aromatic rings. The lowest BCUT2D eigenvalue weighted by Gasteiger charge is -2.11. The highest BCUT2D eigenvalue weighted by Gasteiger charge is 2.17. The minimum atomic E-state index is 0.211. The van der Waals surface area contributed by atoms with Crippen molar-refractivity contribution in [1.82, 2.24) is 9.97 Å². The molecule has 0 amide bonds. The number of hydrogen-bond donors (Lipinski definition) is 1. The molecule has 0 saturated carbocycles. The first-order valence-corrected chi connectivity index (χ1v) is 6.74. The molecule has 0 bridgehead atoms. The standard InChI is InChI=1S/C15H14ClN3O/c1-8(2)13-14(18-7-19-15(13)17)12-6-9-5-10(16)3-4-11(9)20-12/h3-8H,1-2H3,(H2,17,18,19). The predicted octanol–water partition coefficient (Wildman–Crippen LogP) is 4.25. The maximum absolute atomic E-state index is 5.99. The molecule has 0 unspecified atom stereocenters. The Morgan fingerprint density at radius 2 is 2.00 bits per heavy atom. The number of hydrogen-bond acceptors (Lipinski definition) is 4. The van der Waals surface area contributed by atoms with E-state index in [1.165, 1.54) is 6.33 Å². The van der Waals surface area contributed by atoms with E-state index < -0.39 is 0 Å². The minimum Gasteiger partial charge on any atom is -0.454 e. The van der Waals surface area contributed by atoms with Gasteiger partial charge in [0.15, 0.2) is 5.76 Å². The molecule has 3 rings (SSSR count). The van der Waals surface area contributed by atoms with Gasteiger partial charge in [-0.05, 0) is 30.2 Å². The highest BCUT2D eigenvalue weighted by molar-refractivity contribution is 6.31. The Kier molecular flexibility index (Phi) is 3.10. The Bertz CT molecular complexity index is 780. The third-order valence-electron chi connectivity index (χ3n) is 3.20. The molecule has 5 heteroatoms. The number of aromatic nitrogens is 2. The summed E-state index contributed by atoms with van der Waals surface area (Å²) >= 11 is 5.99. The van der Waals surface area contributed by atoms with Crippen molar-refractivity contribution in [3.8, 4) is 11.5 Å². The van der Waals surface area contributed by atoms with E-state index in [9.17, 15) is 0 Å². The van der Waals surface area contributed by atoms with Gasteiger partial charge < -0.3 is 10.2 Å². The van der Waals surface area contributed by atoms with Crippen LogP contribution in [0.3, 0.4) is 0 Å². The number of benzene rings is 1. The summed E-state index contributed by atoms with van der Waals surface area (Å²) in [4.78, 5) is 8.39. The molecular formula is C15H14ClN3O. The van der Waals surface area contributed by atoms with Crippen LogP contribution in [0.5, 0.6) is 0 Å². The summed E-state index contributed by atoms with van der Waals surface area (Å²) < 4.78 is 5.85. The summed E-state index contributed by atoms with van der Waals surface area (Å²) in [5.41, 5.74) is 8.38. The Hall–Kier alpha value is -2.07. The van der Waals surface area contributed by atoms with Gasteiger partial charge >= 0.3 is 0 Å². The largest absolute Gasteiger partial charge is 0.454 e. The number of nitrogens with zero attached hydrogens (tertiary/aromatic N) is 2. The number of furan rings is 1. The Labute approximate surface area is 121 Å².